The fraction of sp³-hybridized carbons (Fsp3) is 0.158. The van der Waals surface area contributed by atoms with Crippen molar-refractivity contribution in [3.63, 3.8) is 0 Å². The Morgan fingerprint density at radius 3 is 2.48 bits per heavy atom. The lowest BCUT2D eigenvalue weighted by Crippen LogP contribution is -2.27. The van der Waals surface area contributed by atoms with Crippen LogP contribution in [-0.2, 0) is 4.79 Å². The molecule has 1 aliphatic heterocycles. The second kappa shape index (κ2) is 7.33. The molecule has 25 heavy (non-hydrogen) atoms. The van der Waals surface area contributed by atoms with Gasteiger partial charge in [-0.25, -0.2) is 4.90 Å². The molecular weight excluding hydrogens is 358 g/mol. The summed E-state index contributed by atoms with van der Waals surface area (Å²) in [6.45, 7) is 3.84. The Kier molecular flexibility index (Phi) is 5.16. The Hall–Kier alpha value is -2.24. The molecule has 0 saturated carbocycles. The number of carbonyl (C=O) groups excluding carboxylic acids is 2. The average molecular weight is 374 g/mol. The zero-order chi connectivity index (χ0) is 18.0. The summed E-state index contributed by atoms with van der Waals surface area (Å²) in [6, 6.07) is 14.2. The first-order valence-electron chi connectivity index (χ1n) is 7.75. The molecule has 0 bridgehead atoms. The summed E-state index contributed by atoms with van der Waals surface area (Å²) in [4.78, 5) is 26.3. The van der Waals surface area contributed by atoms with Crippen molar-refractivity contribution in [1.82, 2.24) is 0 Å². The van der Waals surface area contributed by atoms with Gasteiger partial charge in [-0.2, -0.15) is 0 Å². The number of ether oxygens (including phenoxy) is 1. The molecule has 0 atom stereocenters. The summed E-state index contributed by atoms with van der Waals surface area (Å²) < 4.78 is 5.60. The third-order valence-electron chi connectivity index (χ3n) is 3.42. The van der Waals surface area contributed by atoms with Gasteiger partial charge in [-0.15, -0.1) is 0 Å². The first-order valence-corrected chi connectivity index (χ1v) is 8.94. The van der Waals surface area contributed by atoms with E-state index < -0.39 is 0 Å². The Morgan fingerprint density at radius 1 is 1.12 bits per heavy atom. The highest BCUT2D eigenvalue weighted by Gasteiger charge is 2.36. The number of halogens is 1. The summed E-state index contributed by atoms with van der Waals surface area (Å²) in [6.07, 6.45) is 1.68. The predicted octanol–water partition coefficient (Wildman–Crippen LogP) is 5.37. The van der Waals surface area contributed by atoms with Crippen LogP contribution in [0.2, 0.25) is 5.02 Å². The standard InChI is InChI=1S/C19H16ClNO3S/c1-12(2)24-16-9-8-13(10-15(16)20)11-17-18(22)21(19(23)25-17)14-6-4-3-5-7-14/h3-12H,1-2H3/b17-11+. The fourth-order valence-electron chi connectivity index (χ4n) is 2.38. The van der Waals surface area contributed by atoms with Crippen LogP contribution in [0.25, 0.3) is 6.08 Å². The van der Waals surface area contributed by atoms with E-state index in [0.29, 0.717) is 21.4 Å². The van der Waals surface area contributed by atoms with E-state index >= 15 is 0 Å². The monoisotopic (exact) mass is 373 g/mol. The number of para-hydroxylation sites is 1. The molecular formula is C19H16ClNO3S. The lowest BCUT2D eigenvalue weighted by Gasteiger charge is -2.12. The molecule has 6 heteroatoms. The molecule has 128 valence electrons. The molecule has 1 saturated heterocycles. The number of imide groups is 1. The van der Waals surface area contributed by atoms with Crippen LogP contribution in [0.15, 0.2) is 53.4 Å². The zero-order valence-electron chi connectivity index (χ0n) is 13.7. The SMILES string of the molecule is CC(C)Oc1ccc(/C=C2/SC(=O)N(c3ccccc3)C2=O)cc1Cl. The summed E-state index contributed by atoms with van der Waals surface area (Å²) in [7, 11) is 0. The molecule has 2 aromatic carbocycles. The Morgan fingerprint density at radius 2 is 1.84 bits per heavy atom. The third kappa shape index (κ3) is 3.89. The summed E-state index contributed by atoms with van der Waals surface area (Å²) in [5, 5.41) is 0.151. The number of nitrogens with zero attached hydrogens (tertiary/aromatic N) is 1. The molecule has 0 radical (unpaired) electrons. The van der Waals surface area contributed by atoms with Gasteiger partial charge >= 0.3 is 0 Å². The summed E-state index contributed by atoms with van der Waals surface area (Å²) in [5.41, 5.74) is 1.30. The van der Waals surface area contributed by atoms with Crippen LogP contribution in [0.3, 0.4) is 0 Å². The number of carbonyl (C=O) groups is 2. The Bertz CT molecular complexity index is 849. The van der Waals surface area contributed by atoms with E-state index in [1.54, 1.807) is 48.5 Å². The Labute approximate surface area is 155 Å². The van der Waals surface area contributed by atoms with E-state index in [2.05, 4.69) is 0 Å². The highest BCUT2D eigenvalue weighted by Crippen LogP contribution is 2.36. The van der Waals surface area contributed by atoms with Crippen molar-refractivity contribution in [3.05, 3.63) is 64.0 Å². The van der Waals surface area contributed by atoms with Gasteiger partial charge in [-0.05, 0) is 61.5 Å². The first-order chi connectivity index (χ1) is 12.0. The molecule has 4 nitrogen and oxygen atoms in total. The van der Waals surface area contributed by atoms with Crippen molar-refractivity contribution < 1.29 is 14.3 Å². The third-order valence-corrected chi connectivity index (χ3v) is 4.59. The van der Waals surface area contributed by atoms with Gasteiger partial charge in [-0.1, -0.05) is 35.9 Å². The summed E-state index contributed by atoms with van der Waals surface area (Å²) in [5.74, 6) is 0.256. The van der Waals surface area contributed by atoms with Crippen LogP contribution in [0.5, 0.6) is 5.75 Å². The van der Waals surface area contributed by atoms with Gasteiger partial charge in [-0.3, -0.25) is 9.59 Å². The average Bonchev–Trinajstić information content (AvgIpc) is 2.84. The van der Waals surface area contributed by atoms with E-state index in [-0.39, 0.29) is 17.3 Å². The molecule has 0 aromatic heterocycles. The predicted molar refractivity (Wildman–Crippen MR) is 102 cm³/mol. The minimum absolute atomic E-state index is 0.0192. The van der Waals surface area contributed by atoms with Crippen molar-refractivity contribution in [2.24, 2.45) is 0 Å². The van der Waals surface area contributed by atoms with E-state index in [9.17, 15) is 9.59 Å². The van der Waals surface area contributed by atoms with Crippen LogP contribution in [-0.4, -0.2) is 17.3 Å². The number of hydrogen-bond donors (Lipinski definition) is 0. The minimum atomic E-state index is -0.333. The minimum Gasteiger partial charge on any atom is -0.489 e. The van der Waals surface area contributed by atoms with Gasteiger partial charge in [0.05, 0.1) is 21.7 Å². The molecule has 1 fully saturated rings. The molecule has 3 rings (SSSR count). The van der Waals surface area contributed by atoms with Gasteiger partial charge in [0, 0.05) is 0 Å². The molecule has 1 aliphatic rings. The number of rotatable bonds is 4. The quantitative estimate of drug-likeness (QED) is 0.676. The van der Waals surface area contributed by atoms with Gasteiger partial charge < -0.3 is 4.74 Å². The number of benzene rings is 2. The topological polar surface area (TPSA) is 46.6 Å². The molecule has 0 N–H and O–H groups in total. The molecule has 2 amide bonds. The van der Waals surface area contributed by atoms with E-state index in [1.165, 1.54) is 4.90 Å². The van der Waals surface area contributed by atoms with Gasteiger partial charge in [0.25, 0.3) is 11.1 Å². The molecule has 0 aliphatic carbocycles. The molecule has 0 unspecified atom stereocenters. The number of hydrogen-bond acceptors (Lipinski definition) is 4. The first kappa shape index (κ1) is 17.6. The van der Waals surface area contributed by atoms with Gasteiger partial charge in [0.1, 0.15) is 5.75 Å². The highest BCUT2D eigenvalue weighted by atomic mass is 35.5. The number of thioether (sulfide) groups is 1. The van der Waals surface area contributed by atoms with E-state index in [1.807, 2.05) is 19.9 Å². The van der Waals surface area contributed by atoms with E-state index in [4.69, 9.17) is 16.3 Å². The molecule has 0 spiro atoms. The zero-order valence-corrected chi connectivity index (χ0v) is 15.3. The number of amides is 2. The van der Waals surface area contributed by atoms with E-state index in [0.717, 1.165) is 17.3 Å². The number of anilines is 1. The highest BCUT2D eigenvalue weighted by molar-refractivity contribution is 8.19. The Balaban J connectivity index is 1.86. The van der Waals surface area contributed by atoms with Gasteiger partial charge in [0.2, 0.25) is 0 Å². The van der Waals surface area contributed by atoms with Gasteiger partial charge in [0.15, 0.2) is 0 Å². The van der Waals surface area contributed by atoms with Crippen molar-refractivity contribution in [2.75, 3.05) is 4.90 Å². The van der Waals surface area contributed by atoms with Crippen molar-refractivity contribution in [3.8, 4) is 5.75 Å². The molecule has 2 aromatic rings. The maximum Gasteiger partial charge on any atom is 0.298 e. The van der Waals surface area contributed by atoms with Crippen LogP contribution in [0, 0.1) is 0 Å². The summed E-state index contributed by atoms with van der Waals surface area (Å²) >= 11 is 7.14. The van der Waals surface area contributed by atoms with Crippen molar-refractivity contribution in [1.29, 1.82) is 0 Å². The second-order valence-corrected chi connectivity index (χ2v) is 7.11. The normalized spacial score (nSPS) is 16.2. The smallest absolute Gasteiger partial charge is 0.298 e. The lowest BCUT2D eigenvalue weighted by atomic mass is 10.2. The second-order valence-electron chi connectivity index (χ2n) is 5.71. The maximum absolute atomic E-state index is 12.6. The maximum atomic E-state index is 12.6. The fourth-order valence-corrected chi connectivity index (χ4v) is 3.45. The van der Waals surface area contributed by atoms with Crippen molar-refractivity contribution >= 4 is 46.3 Å². The largest absolute Gasteiger partial charge is 0.489 e. The van der Waals surface area contributed by atoms with Crippen LogP contribution in [0.4, 0.5) is 10.5 Å². The van der Waals surface area contributed by atoms with Crippen LogP contribution in [0.1, 0.15) is 19.4 Å². The lowest BCUT2D eigenvalue weighted by molar-refractivity contribution is -0.113. The van der Waals surface area contributed by atoms with Crippen molar-refractivity contribution in [2.45, 2.75) is 20.0 Å². The van der Waals surface area contributed by atoms with Crippen LogP contribution < -0.4 is 9.64 Å². The van der Waals surface area contributed by atoms with Crippen LogP contribution >= 0.6 is 23.4 Å². The molecule has 1 heterocycles.